The van der Waals surface area contributed by atoms with Gasteiger partial charge in [-0.2, -0.15) is 13.2 Å². The van der Waals surface area contributed by atoms with E-state index in [1.807, 2.05) is 4.90 Å². The fourth-order valence-electron chi connectivity index (χ4n) is 2.76. The van der Waals surface area contributed by atoms with Crippen LogP contribution >= 0.6 is 0 Å². The molecule has 0 saturated carbocycles. The van der Waals surface area contributed by atoms with Gasteiger partial charge < -0.3 is 10.2 Å². The number of rotatable bonds is 4. The molecule has 0 bridgehead atoms. The predicted octanol–water partition coefficient (Wildman–Crippen LogP) is 3.57. The van der Waals surface area contributed by atoms with E-state index in [9.17, 15) is 17.6 Å². The van der Waals surface area contributed by atoms with E-state index in [2.05, 4.69) is 15.3 Å². The first-order chi connectivity index (χ1) is 11.4. The lowest BCUT2D eigenvalue weighted by molar-refractivity contribution is -0.141. The molecule has 8 heteroatoms. The number of anilines is 2. The fourth-order valence-corrected chi connectivity index (χ4v) is 2.76. The Morgan fingerprint density at radius 2 is 2.00 bits per heavy atom. The van der Waals surface area contributed by atoms with Gasteiger partial charge in [-0.25, -0.2) is 14.4 Å². The van der Waals surface area contributed by atoms with Crippen LogP contribution in [-0.4, -0.2) is 29.6 Å². The number of para-hydroxylation sites is 1. The number of halogens is 4. The first-order valence-electron chi connectivity index (χ1n) is 7.57. The van der Waals surface area contributed by atoms with Gasteiger partial charge in [0, 0.05) is 25.8 Å². The largest absolute Gasteiger partial charge is 0.433 e. The van der Waals surface area contributed by atoms with Crippen LogP contribution in [0.1, 0.15) is 12.1 Å². The van der Waals surface area contributed by atoms with Gasteiger partial charge in [-0.3, -0.25) is 0 Å². The number of nitrogens with zero attached hydrogens (tertiary/aromatic N) is 3. The topological polar surface area (TPSA) is 41.0 Å². The van der Waals surface area contributed by atoms with E-state index in [-0.39, 0.29) is 17.7 Å². The summed E-state index contributed by atoms with van der Waals surface area (Å²) in [5.41, 5.74) is -0.422. The van der Waals surface area contributed by atoms with E-state index in [1.54, 1.807) is 18.2 Å². The molecule has 4 nitrogen and oxygen atoms in total. The Bertz CT molecular complexity index is 704. The molecule has 2 aromatic rings. The van der Waals surface area contributed by atoms with Crippen molar-refractivity contribution in [3.63, 3.8) is 0 Å². The average molecular weight is 340 g/mol. The Kier molecular flexibility index (Phi) is 4.55. The Labute approximate surface area is 136 Å². The van der Waals surface area contributed by atoms with E-state index in [4.69, 9.17) is 0 Å². The summed E-state index contributed by atoms with van der Waals surface area (Å²) in [6.07, 6.45) is -2.59. The van der Waals surface area contributed by atoms with E-state index in [0.717, 1.165) is 18.7 Å². The maximum Gasteiger partial charge on any atom is 0.433 e. The molecule has 1 atom stereocenters. The highest BCUT2D eigenvalue weighted by molar-refractivity contribution is 5.48. The van der Waals surface area contributed by atoms with Gasteiger partial charge in [0.15, 0.2) is 0 Å². The van der Waals surface area contributed by atoms with Gasteiger partial charge in [-0.05, 0) is 30.5 Å². The highest BCUT2D eigenvalue weighted by atomic mass is 19.4. The summed E-state index contributed by atoms with van der Waals surface area (Å²) in [6, 6.07) is 7.39. The van der Waals surface area contributed by atoms with Gasteiger partial charge in [0.2, 0.25) is 5.95 Å². The van der Waals surface area contributed by atoms with Gasteiger partial charge >= 0.3 is 6.18 Å². The molecule has 0 unspecified atom stereocenters. The number of alkyl halides is 3. The van der Waals surface area contributed by atoms with Gasteiger partial charge in [0.25, 0.3) is 0 Å². The summed E-state index contributed by atoms with van der Waals surface area (Å²) in [7, 11) is 0. The van der Waals surface area contributed by atoms with Crippen molar-refractivity contribution in [2.45, 2.75) is 12.6 Å². The summed E-state index contributed by atoms with van der Waals surface area (Å²) in [6.45, 7) is 1.77. The maximum absolute atomic E-state index is 13.8. The van der Waals surface area contributed by atoms with Crippen molar-refractivity contribution < 1.29 is 17.6 Å². The monoisotopic (exact) mass is 340 g/mol. The molecule has 1 aromatic carbocycles. The highest BCUT2D eigenvalue weighted by Gasteiger charge is 2.33. The number of benzene rings is 1. The van der Waals surface area contributed by atoms with Gasteiger partial charge in [0.05, 0.1) is 5.69 Å². The molecule has 0 spiro atoms. The number of hydrogen-bond donors (Lipinski definition) is 1. The molecule has 1 aromatic heterocycles. The van der Waals surface area contributed by atoms with Crippen molar-refractivity contribution in [2.24, 2.45) is 5.92 Å². The zero-order chi connectivity index (χ0) is 17.2. The molecule has 0 radical (unpaired) electrons. The quantitative estimate of drug-likeness (QED) is 0.864. The standard InChI is InChI=1S/C16H16F4N4/c17-12-3-1-2-4-13(12)24-8-6-11(10-24)9-22-15-21-7-5-14(23-15)16(18,19)20/h1-5,7,11H,6,8-10H2,(H,21,22,23)/t11-/m1/s1. The normalized spacial score (nSPS) is 18.0. The Morgan fingerprint density at radius 3 is 2.75 bits per heavy atom. The molecule has 1 aliphatic rings. The summed E-state index contributed by atoms with van der Waals surface area (Å²) in [5, 5.41) is 2.84. The molecule has 0 amide bonds. The van der Waals surface area contributed by atoms with Crippen LogP contribution in [0.5, 0.6) is 0 Å². The van der Waals surface area contributed by atoms with Crippen molar-refractivity contribution in [2.75, 3.05) is 29.9 Å². The van der Waals surface area contributed by atoms with Crippen LogP contribution in [0.25, 0.3) is 0 Å². The summed E-state index contributed by atoms with van der Waals surface area (Å²) < 4.78 is 51.7. The third-order valence-corrected chi connectivity index (χ3v) is 3.97. The van der Waals surface area contributed by atoms with Crippen LogP contribution < -0.4 is 10.2 Å². The van der Waals surface area contributed by atoms with E-state index < -0.39 is 11.9 Å². The minimum atomic E-state index is -4.49. The Hall–Kier alpha value is -2.38. The second-order valence-electron chi connectivity index (χ2n) is 5.70. The van der Waals surface area contributed by atoms with E-state index in [0.29, 0.717) is 25.3 Å². The van der Waals surface area contributed by atoms with Crippen molar-refractivity contribution in [1.29, 1.82) is 0 Å². The second-order valence-corrected chi connectivity index (χ2v) is 5.70. The Morgan fingerprint density at radius 1 is 1.21 bits per heavy atom. The zero-order valence-corrected chi connectivity index (χ0v) is 12.7. The molecule has 3 rings (SSSR count). The fraction of sp³-hybridized carbons (Fsp3) is 0.375. The molecule has 1 fully saturated rings. The zero-order valence-electron chi connectivity index (χ0n) is 12.7. The first-order valence-corrected chi connectivity index (χ1v) is 7.57. The molecule has 0 aliphatic carbocycles. The van der Waals surface area contributed by atoms with Crippen molar-refractivity contribution in [3.05, 3.63) is 48.0 Å². The molecular formula is C16H16F4N4. The minimum Gasteiger partial charge on any atom is -0.369 e. The Balaban J connectivity index is 1.58. The lowest BCUT2D eigenvalue weighted by Crippen LogP contribution is -2.23. The summed E-state index contributed by atoms with van der Waals surface area (Å²) in [5.74, 6) is -0.135. The van der Waals surface area contributed by atoms with Crippen LogP contribution in [-0.2, 0) is 6.18 Å². The molecule has 24 heavy (non-hydrogen) atoms. The molecule has 1 saturated heterocycles. The second kappa shape index (κ2) is 6.62. The number of aromatic nitrogens is 2. The van der Waals surface area contributed by atoms with Crippen molar-refractivity contribution in [1.82, 2.24) is 9.97 Å². The predicted molar refractivity (Wildman–Crippen MR) is 82.2 cm³/mol. The molecule has 2 heterocycles. The highest BCUT2D eigenvalue weighted by Crippen LogP contribution is 2.28. The van der Waals surface area contributed by atoms with E-state index in [1.165, 1.54) is 6.07 Å². The third-order valence-electron chi connectivity index (χ3n) is 3.97. The van der Waals surface area contributed by atoms with Crippen LogP contribution in [0.4, 0.5) is 29.2 Å². The van der Waals surface area contributed by atoms with Crippen LogP contribution in [0.15, 0.2) is 36.5 Å². The maximum atomic E-state index is 13.8. The van der Waals surface area contributed by atoms with Crippen LogP contribution in [0, 0.1) is 11.7 Å². The molecule has 128 valence electrons. The lowest BCUT2D eigenvalue weighted by atomic mass is 10.1. The SMILES string of the molecule is Fc1ccccc1N1CC[C@H](CNc2nccc(C(F)(F)F)n2)C1. The minimum absolute atomic E-state index is 0.0471. The first kappa shape index (κ1) is 16.5. The van der Waals surface area contributed by atoms with Crippen molar-refractivity contribution >= 4 is 11.6 Å². The number of hydrogen-bond acceptors (Lipinski definition) is 4. The molecule has 1 aliphatic heterocycles. The average Bonchev–Trinajstić information content (AvgIpc) is 3.02. The molecular weight excluding hydrogens is 324 g/mol. The van der Waals surface area contributed by atoms with Crippen LogP contribution in [0.2, 0.25) is 0 Å². The van der Waals surface area contributed by atoms with E-state index >= 15 is 0 Å². The summed E-state index contributed by atoms with van der Waals surface area (Å²) >= 11 is 0. The third kappa shape index (κ3) is 3.74. The van der Waals surface area contributed by atoms with Gasteiger partial charge in [-0.1, -0.05) is 12.1 Å². The van der Waals surface area contributed by atoms with Gasteiger partial charge in [-0.15, -0.1) is 0 Å². The van der Waals surface area contributed by atoms with Crippen molar-refractivity contribution in [3.8, 4) is 0 Å². The van der Waals surface area contributed by atoms with Gasteiger partial charge in [0.1, 0.15) is 11.5 Å². The smallest absolute Gasteiger partial charge is 0.369 e. The number of nitrogens with one attached hydrogen (secondary N) is 1. The summed E-state index contributed by atoms with van der Waals surface area (Å²) in [4.78, 5) is 9.22. The lowest BCUT2D eigenvalue weighted by Gasteiger charge is -2.19. The van der Waals surface area contributed by atoms with Crippen LogP contribution in [0.3, 0.4) is 0 Å². The molecule has 1 N–H and O–H groups in total.